The number of rotatable bonds is 8. The van der Waals surface area contributed by atoms with Crippen LogP contribution in [0.15, 0.2) is 24.4 Å². The third-order valence-corrected chi connectivity index (χ3v) is 4.25. The van der Waals surface area contributed by atoms with Crippen LogP contribution in [0.5, 0.6) is 0 Å². The molecule has 0 fully saturated rings. The summed E-state index contributed by atoms with van der Waals surface area (Å²) in [6.45, 7) is 5.24. The summed E-state index contributed by atoms with van der Waals surface area (Å²) in [4.78, 5) is 4.46. The fourth-order valence-electron chi connectivity index (χ4n) is 2.52. The summed E-state index contributed by atoms with van der Waals surface area (Å²) in [7, 11) is 0. The second kappa shape index (κ2) is 8.13. The molecule has 0 aliphatic carbocycles. The van der Waals surface area contributed by atoms with Crippen LogP contribution < -0.4 is 5.43 Å². The highest BCUT2D eigenvalue weighted by Crippen LogP contribution is 2.14. The zero-order chi connectivity index (χ0) is 15.1. The van der Waals surface area contributed by atoms with E-state index in [4.69, 9.17) is 12.2 Å². The second-order valence-electron chi connectivity index (χ2n) is 5.56. The molecule has 0 unspecified atom stereocenters. The topological polar surface area (TPSA) is 29.9 Å². The molecule has 3 nitrogen and oxygen atoms in total. The van der Waals surface area contributed by atoms with E-state index in [9.17, 15) is 0 Å². The molecule has 0 atom stereocenters. The molecule has 0 aliphatic rings. The number of unbranched alkanes of at least 4 members (excludes halogenated alkanes) is 5. The van der Waals surface area contributed by atoms with Gasteiger partial charge in [-0.1, -0.05) is 51.2 Å². The summed E-state index contributed by atoms with van der Waals surface area (Å²) >= 11 is 5.52. The van der Waals surface area contributed by atoms with Crippen LogP contribution in [0, 0.1) is 11.6 Å². The van der Waals surface area contributed by atoms with E-state index in [0.717, 1.165) is 27.8 Å². The molecule has 114 valence electrons. The Kier molecular flexibility index (Phi) is 6.18. The third kappa shape index (κ3) is 4.27. The van der Waals surface area contributed by atoms with Crippen LogP contribution in [0.1, 0.15) is 51.0 Å². The van der Waals surface area contributed by atoms with Crippen molar-refractivity contribution in [2.24, 2.45) is 0 Å². The molecule has 2 aromatic rings. The largest absolute Gasteiger partial charge is 0.323 e. The van der Waals surface area contributed by atoms with Crippen LogP contribution in [0.4, 0.5) is 0 Å². The highest BCUT2D eigenvalue weighted by atomic mass is 32.1. The first kappa shape index (κ1) is 16.0. The summed E-state index contributed by atoms with van der Waals surface area (Å²) in [5.74, 6) is 0. The van der Waals surface area contributed by atoms with Crippen LogP contribution in [-0.2, 0) is 0 Å². The van der Waals surface area contributed by atoms with E-state index in [1.165, 1.54) is 38.5 Å². The normalized spacial score (nSPS) is 11.0. The standard InChI is InChI=1S/C17H25N3S/c1-3-4-5-6-7-8-12-19-20-16-15(10-9-11-18-16)13-14(2)17(20)21/h9-11,13,19H,3-8,12H2,1-2H3. The highest BCUT2D eigenvalue weighted by molar-refractivity contribution is 7.71. The Morgan fingerprint density at radius 2 is 1.95 bits per heavy atom. The quantitative estimate of drug-likeness (QED) is 0.551. The summed E-state index contributed by atoms with van der Waals surface area (Å²) in [5, 5.41) is 1.12. The molecule has 0 saturated heterocycles. The van der Waals surface area contributed by atoms with Gasteiger partial charge in [-0.3, -0.25) is 0 Å². The predicted octanol–water partition coefficient (Wildman–Crippen LogP) is 4.98. The first-order chi connectivity index (χ1) is 10.2. The van der Waals surface area contributed by atoms with E-state index < -0.39 is 0 Å². The lowest BCUT2D eigenvalue weighted by molar-refractivity contribution is 0.608. The van der Waals surface area contributed by atoms with Gasteiger partial charge in [-0.15, -0.1) is 0 Å². The van der Waals surface area contributed by atoms with Crippen LogP contribution in [-0.4, -0.2) is 16.2 Å². The number of nitrogens with one attached hydrogen (secondary N) is 1. The maximum absolute atomic E-state index is 5.52. The molecular weight excluding hydrogens is 278 g/mol. The Hall–Kier alpha value is -1.42. The SMILES string of the molecule is CCCCCCCCNn1c(=S)c(C)cc2cccnc21. The maximum Gasteiger partial charge on any atom is 0.159 e. The van der Waals surface area contributed by atoms with E-state index in [-0.39, 0.29) is 0 Å². The van der Waals surface area contributed by atoms with Crippen molar-refractivity contribution >= 4 is 23.3 Å². The first-order valence-corrected chi connectivity index (χ1v) is 8.36. The van der Waals surface area contributed by atoms with E-state index in [1.54, 1.807) is 0 Å². The monoisotopic (exact) mass is 303 g/mol. The minimum absolute atomic E-state index is 0.826. The molecule has 0 amide bonds. The Balaban J connectivity index is 1.98. The minimum atomic E-state index is 0.826. The molecule has 4 heteroatoms. The zero-order valence-corrected chi connectivity index (χ0v) is 13.9. The number of aromatic nitrogens is 2. The van der Waals surface area contributed by atoms with Gasteiger partial charge in [-0.05, 0) is 37.1 Å². The van der Waals surface area contributed by atoms with Gasteiger partial charge in [0.2, 0.25) is 0 Å². The molecule has 0 bridgehead atoms. The number of hydrogen-bond acceptors (Lipinski definition) is 3. The molecule has 2 heterocycles. The summed E-state index contributed by atoms with van der Waals surface area (Å²) in [6, 6.07) is 6.14. The van der Waals surface area contributed by atoms with Crippen LogP contribution >= 0.6 is 12.2 Å². The fourth-order valence-corrected chi connectivity index (χ4v) is 2.73. The van der Waals surface area contributed by atoms with Crippen molar-refractivity contribution in [1.29, 1.82) is 0 Å². The second-order valence-corrected chi connectivity index (χ2v) is 5.95. The Bertz CT molecular complexity index is 633. The van der Waals surface area contributed by atoms with Crippen LogP contribution in [0.3, 0.4) is 0 Å². The molecular formula is C17H25N3S. The van der Waals surface area contributed by atoms with E-state index in [0.29, 0.717) is 0 Å². The number of hydrogen-bond donors (Lipinski definition) is 1. The number of nitrogens with zero attached hydrogens (tertiary/aromatic N) is 2. The van der Waals surface area contributed by atoms with Gasteiger partial charge in [0, 0.05) is 18.1 Å². The van der Waals surface area contributed by atoms with Gasteiger partial charge in [0.25, 0.3) is 0 Å². The van der Waals surface area contributed by atoms with Gasteiger partial charge >= 0.3 is 0 Å². The summed E-state index contributed by atoms with van der Waals surface area (Å²) < 4.78 is 2.79. The lowest BCUT2D eigenvalue weighted by Crippen LogP contribution is -2.19. The molecule has 0 aliphatic heterocycles. The number of aryl methyl sites for hydroxylation is 1. The molecule has 0 aromatic carbocycles. The van der Waals surface area contributed by atoms with E-state index in [1.807, 2.05) is 16.9 Å². The van der Waals surface area contributed by atoms with Gasteiger partial charge in [0.15, 0.2) is 5.65 Å². The Labute approximate surface area is 132 Å². The van der Waals surface area contributed by atoms with Crippen molar-refractivity contribution in [3.8, 4) is 0 Å². The average molecular weight is 303 g/mol. The molecule has 0 radical (unpaired) electrons. The lowest BCUT2D eigenvalue weighted by Gasteiger charge is -2.14. The van der Waals surface area contributed by atoms with Gasteiger partial charge in [0.1, 0.15) is 4.64 Å². The number of fused-ring (bicyclic) bond motifs is 1. The Morgan fingerprint density at radius 1 is 1.19 bits per heavy atom. The fraction of sp³-hybridized carbons (Fsp3) is 0.529. The number of pyridine rings is 2. The van der Waals surface area contributed by atoms with Gasteiger partial charge in [-0.25, -0.2) is 9.66 Å². The summed E-state index contributed by atoms with van der Waals surface area (Å²) in [6.07, 6.45) is 9.60. The van der Waals surface area contributed by atoms with Crippen LogP contribution in [0.25, 0.3) is 11.0 Å². The molecule has 2 rings (SSSR count). The highest BCUT2D eigenvalue weighted by Gasteiger charge is 2.04. The molecule has 0 saturated carbocycles. The first-order valence-electron chi connectivity index (χ1n) is 7.95. The van der Waals surface area contributed by atoms with Gasteiger partial charge in [-0.2, -0.15) is 0 Å². The van der Waals surface area contributed by atoms with Crippen molar-refractivity contribution < 1.29 is 0 Å². The van der Waals surface area contributed by atoms with Crippen molar-refractivity contribution in [3.05, 3.63) is 34.6 Å². The third-order valence-electron chi connectivity index (χ3n) is 3.74. The smallest absolute Gasteiger partial charge is 0.159 e. The van der Waals surface area contributed by atoms with Crippen LogP contribution in [0.2, 0.25) is 0 Å². The molecule has 1 N–H and O–H groups in total. The molecule has 2 aromatic heterocycles. The summed E-state index contributed by atoms with van der Waals surface area (Å²) in [5.41, 5.74) is 5.47. The Morgan fingerprint density at radius 3 is 2.76 bits per heavy atom. The van der Waals surface area contributed by atoms with E-state index >= 15 is 0 Å². The van der Waals surface area contributed by atoms with E-state index in [2.05, 4.69) is 36.4 Å². The van der Waals surface area contributed by atoms with Crippen molar-refractivity contribution in [3.63, 3.8) is 0 Å². The zero-order valence-electron chi connectivity index (χ0n) is 13.1. The molecule has 21 heavy (non-hydrogen) atoms. The van der Waals surface area contributed by atoms with Gasteiger partial charge < -0.3 is 5.43 Å². The van der Waals surface area contributed by atoms with Gasteiger partial charge in [0.05, 0.1) is 0 Å². The molecule has 0 spiro atoms. The maximum atomic E-state index is 5.52. The van der Waals surface area contributed by atoms with Crippen molar-refractivity contribution in [2.75, 3.05) is 12.0 Å². The predicted molar refractivity (Wildman–Crippen MR) is 92.9 cm³/mol. The average Bonchev–Trinajstić information content (AvgIpc) is 2.50. The van der Waals surface area contributed by atoms with Crippen molar-refractivity contribution in [2.45, 2.75) is 52.4 Å². The lowest BCUT2D eigenvalue weighted by atomic mass is 10.1. The van der Waals surface area contributed by atoms with Crippen molar-refractivity contribution in [1.82, 2.24) is 9.66 Å². The minimum Gasteiger partial charge on any atom is -0.323 e.